The molecule has 2 rings (SSSR count). The van der Waals surface area contributed by atoms with E-state index >= 15 is 0 Å². The van der Waals surface area contributed by atoms with Crippen molar-refractivity contribution in [2.45, 2.75) is 38.8 Å². The first kappa shape index (κ1) is 13.4. The lowest BCUT2D eigenvalue weighted by molar-refractivity contribution is -0.145. The average molecular weight is 268 g/mol. The van der Waals surface area contributed by atoms with Crippen molar-refractivity contribution in [3.05, 3.63) is 34.3 Å². The van der Waals surface area contributed by atoms with Crippen LogP contribution in [0.2, 0.25) is 5.02 Å². The van der Waals surface area contributed by atoms with Crippen LogP contribution in [0.25, 0.3) is 0 Å². The molecule has 1 N–H and O–H groups in total. The minimum Gasteiger partial charge on any atom is -0.465 e. The summed E-state index contributed by atoms with van der Waals surface area (Å²) < 4.78 is 5.11. The van der Waals surface area contributed by atoms with Gasteiger partial charge >= 0.3 is 5.97 Å². The van der Waals surface area contributed by atoms with Crippen molar-refractivity contribution in [3.63, 3.8) is 0 Å². The number of nitrogens with one attached hydrogen (secondary N) is 1. The Kier molecular flexibility index (Phi) is 4.25. The molecule has 0 aliphatic heterocycles. The van der Waals surface area contributed by atoms with E-state index in [0.717, 1.165) is 24.0 Å². The van der Waals surface area contributed by atoms with E-state index < -0.39 is 6.04 Å². The van der Waals surface area contributed by atoms with E-state index in [-0.39, 0.29) is 5.97 Å². The zero-order valence-electron chi connectivity index (χ0n) is 10.7. The molecule has 98 valence electrons. The van der Waals surface area contributed by atoms with Gasteiger partial charge in [-0.25, -0.2) is 4.79 Å². The third kappa shape index (κ3) is 3.24. The van der Waals surface area contributed by atoms with Crippen molar-refractivity contribution in [3.8, 4) is 0 Å². The summed E-state index contributed by atoms with van der Waals surface area (Å²) in [5.74, 6) is -0.232. The number of halogens is 1. The second-order valence-electron chi connectivity index (χ2n) is 4.63. The van der Waals surface area contributed by atoms with Crippen LogP contribution in [-0.2, 0) is 9.53 Å². The summed E-state index contributed by atoms with van der Waals surface area (Å²) in [4.78, 5) is 12.0. The lowest BCUT2D eigenvalue weighted by atomic mass is 10.0. The van der Waals surface area contributed by atoms with Gasteiger partial charge in [-0.05, 0) is 43.9 Å². The van der Waals surface area contributed by atoms with E-state index in [0.29, 0.717) is 17.7 Å². The van der Waals surface area contributed by atoms with Crippen LogP contribution >= 0.6 is 11.6 Å². The van der Waals surface area contributed by atoms with Crippen molar-refractivity contribution in [1.29, 1.82) is 0 Å². The second-order valence-corrected chi connectivity index (χ2v) is 5.04. The van der Waals surface area contributed by atoms with E-state index in [1.807, 2.05) is 32.0 Å². The highest BCUT2D eigenvalue weighted by molar-refractivity contribution is 6.31. The minimum atomic E-state index is -0.407. The molecule has 1 aromatic rings. The smallest absolute Gasteiger partial charge is 0.327 e. The molecular formula is C14H18ClNO2. The Balaban J connectivity index is 2.20. The van der Waals surface area contributed by atoms with Crippen LogP contribution in [0.3, 0.4) is 0 Å². The van der Waals surface area contributed by atoms with Gasteiger partial charge in [0.05, 0.1) is 6.61 Å². The van der Waals surface area contributed by atoms with Crippen LogP contribution < -0.4 is 5.32 Å². The molecule has 1 fully saturated rings. The Bertz CT molecular complexity index is 443. The molecule has 1 unspecified atom stereocenters. The molecule has 4 heteroatoms. The first-order valence-electron chi connectivity index (χ1n) is 6.30. The Hall–Kier alpha value is -1.06. The monoisotopic (exact) mass is 267 g/mol. The molecule has 18 heavy (non-hydrogen) atoms. The third-order valence-electron chi connectivity index (χ3n) is 3.03. The number of benzene rings is 1. The molecule has 1 atom stereocenters. The highest BCUT2D eigenvalue weighted by Crippen LogP contribution is 2.27. The maximum absolute atomic E-state index is 12.0. The molecule has 0 amide bonds. The van der Waals surface area contributed by atoms with Gasteiger partial charge in [-0.3, -0.25) is 5.32 Å². The van der Waals surface area contributed by atoms with Crippen LogP contribution in [0, 0.1) is 6.92 Å². The van der Waals surface area contributed by atoms with Crippen molar-refractivity contribution in [2.24, 2.45) is 0 Å². The van der Waals surface area contributed by atoms with Gasteiger partial charge in [0.15, 0.2) is 0 Å². The summed E-state index contributed by atoms with van der Waals surface area (Å²) in [7, 11) is 0. The zero-order chi connectivity index (χ0) is 13.1. The predicted molar refractivity (Wildman–Crippen MR) is 71.7 cm³/mol. The van der Waals surface area contributed by atoms with Crippen molar-refractivity contribution in [2.75, 3.05) is 6.61 Å². The van der Waals surface area contributed by atoms with E-state index in [9.17, 15) is 4.79 Å². The lowest BCUT2D eigenvalue weighted by Gasteiger charge is -2.18. The van der Waals surface area contributed by atoms with Crippen LogP contribution in [-0.4, -0.2) is 18.6 Å². The Morgan fingerprint density at radius 1 is 1.56 bits per heavy atom. The normalized spacial score (nSPS) is 16.4. The molecular weight excluding hydrogens is 250 g/mol. The number of hydrogen-bond acceptors (Lipinski definition) is 3. The lowest BCUT2D eigenvalue weighted by Crippen LogP contribution is -2.31. The number of esters is 1. The van der Waals surface area contributed by atoms with Crippen LogP contribution in [0.1, 0.15) is 36.9 Å². The van der Waals surface area contributed by atoms with Gasteiger partial charge < -0.3 is 4.74 Å². The summed E-state index contributed by atoms with van der Waals surface area (Å²) in [6, 6.07) is 5.72. The maximum Gasteiger partial charge on any atom is 0.327 e. The Labute approximate surface area is 112 Å². The highest BCUT2D eigenvalue weighted by atomic mass is 35.5. The third-order valence-corrected chi connectivity index (χ3v) is 3.44. The van der Waals surface area contributed by atoms with Gasteiger partial charge in [0.1, 0.15) is 6.04 Å². The van der Waals surface area contributed by atoms with Crippen molar-refractivity contribution < 1.29 is 9.53 Å². The van der Waals surface area contributed by atoms with Gasteiger partial charge in [0, 0.05) is 11.1 Å². The van der Waals surface area contributed by atoms with Crippen LogP contribution in [0.15, 0.2) is 18.2 Å². The summed E-state index contributed by atoms with van der Waals surface area (Å²) >= 11 is 6.11. The van der Waals surface area contributed by atoms with E-state index in [4.69, 9.17) is 16.3 Å². The molecule has 3 nitrogen and oxygen atoms in total. The molecule has 1 aliphatic carbocycles. The summed E-state index contributed by atoms with van der Waals surface area (Å²) in [6.07, 6.45) is 2.24. The molecule has 1 aromatic carbocycles. The first-order valence-corrected chi connectivity index (χ1v) is 6.68. The molecule has 0 bridgehead atoms. The number of carbonyl (C=O) groups is 1. The van der Waals surface area contributed by atoms with Gasteiger partial charge in [-0.2, -0.15) is 0 Å². The van der Waals surface area contributed by atoms with Gasteiger partial charge in [-0.1, -0.05) is 23.7 Å². The van der Waals surface area contributed by atoms with Crippen LogP contribution in [0.5, 0.6) is 0 Å². The second kappa shape index (κ2) is 5.72. The molecule has 0 aromatic heterocycles. The number of rotatable bonds is 5. The van der Waals surface area contributed by atoms with Gasteiger partial charge in [-0.15, -0.1) is 0 Å². The number of aryl methyl sites for hydroxylation is 1. The standard InChI is InChI=1S/C14H18ClNO2/c1-3-18-14(17)13(16-11-6-7-11)10-5-4-9(2)12(15)8-10/h4-5,8,11,13,16H,3,6-7H2,1-2H3. The highest BCUT2D eigenvalue weighted by Gasteiger charge is 2.30. The maximum atomic E-state index is 12.0. The largest absolute Gasteiger partial charge is 0.465 e. The number of ether oxygens (including phenoxy) is 1. The fourth-order valence-corrected chi connectivity index (χ4v) is 1.99. The quantitative estimate of drug-likeness (QED) is 0.834. The van der Waals surface area contributed by atoms with Gasteiger partial charge in [0.25, 0.3) is 0 Å². The zero-order valence-corrected chi connectivity index (χ0v) is 11.5. The summed E-state index contributed by atoms with van der Waals surface area (Å²) in [5, 5.41) is 3.99. The average Bonchev–Trinajstić information content (AvgIpc) is 3.14. The van der Waals surface area contributed by atoms with E-state index in [1.165, 1.54) is 0 Å². The molecule has 0 spiro atoms. The SMILES string of the molecule is CCOC(=O)C(NC1CC1)c1ccc(C)c(Cl)c1. The summed E-state index contributed by atoms with van der Waals surface area (Å²) in [5.41, 5.74) is 1.88. The van der Waals surface area contributed by atoms with Crippen molar-refractivity contribution >= 4 is 17.6 Å². The van der Waals surface area contributed by atoms with E-state index in [1.54, 1.807) is 0 Å². The van der Waals surface area contributed by atoms with Crippen molar-refractivity contribution in [1.82, 2.24) is 5.32 Å². The topological polar surface area (TPSA) is 38.3 Å². The Morgan fingerprint density at radius 2 is 2.28 bits per heavy atom. The molecule has 1 aliphatic rings. The molecule has 0 saturated heterocycles. The first-order chi connectivity index (χ1) is 8.61. The number of hydrogen-bond donors (Lipinski definition) is 1. The molecule has 0 heterocycles. The Morgan fingerprint density at radius 3 is 2.83 bits per heavy atom. The fraction of sp³-hybridized carbons (Fsp3) is 0.500. The number of carbonyl (C=O) groups excluding carboxylic acids is 1. The van der Waals surface area contributed by atoms with E-state index in [2.05, 4.69) is 5.32 Å². The predicted octanol–water partition coefficient (Wildman–Crippen LogP) is 3.00. The van der Waals surface area contributed by atoms with Crippen LogP contribution in [0.4, 0.5) is 0 Å². The van der Waals surface area contributed by atoms with Gasteiger partial charge in [0.2, 0.25) is 0 Å². The molecule has 1 saturated carbocycles. The minimum absolute atomic E-state index is 0.232. The molecule has 0 radical (unpaired) electrons. The summed E-state index contributed by atoms with van der Waals surface area (Å²) in [6.45, 7) is 4.15. The fourth-order valence-electron chi connectivity index (χ4n) is 1.80.